The number of rotatable bonds is 7. The van der Waals surface area contributed by atoms with E-state index in [0.717, 1.165) is 15.6 Å². The summed E-state index contributed by atoms with van der Waals surface area (Å²) in [4.78, 5) is 16.9. The van der Waals surface area contributed by atoms with Crippen molar-refractivity contribution < 1.29 is 22.7 Å². The highest BCUT2D eigenvalue weighted by atomic mass is 32.2. The van der Waals surface area contributed by atoms with E-state index < -0.39 is 21.6 Å². The molecule has 0 saturated carbocycles. The maximum atomic E-state index is 13.6. The molecule has 0 unspecified atom stereocenters. The second kappa shape index (κ2) is 9.17. The number of thiazole rings is 1. The third-order valence-electron chi connectivity index (χ3n) is 4.32. The molecule has 3 rings (SSSR count). The van der Waals surface area contributed by atoms with Crippen LogP contribution in [0.5, 0.6) is 5.75 Å². The van der Waals surface area contributed by atoms with Crippen LogP contribution in [0.25, 0.3) is 0 Å². The number of nitrogens with zero attached hydrogens (tertiary/aromatic N) is 2. The van der Waals surface area contributed by atoms with Crippen molar-refractivity contribution >= 4 is 38.0 Å². The SMILES string of the molecule is COc1ccc(CN(c2scnc2C(=O)OC(C)(C)C)S(=O)(=O)c2ccc(N)cc2)cc1. The lowest BCUT2D eigenvalue weighted by atomic mass is 10.2. The number of benzene rings is 2. The van der Waals surface area contributed by atoms with E-state index in [-0.39, 0.29) is 22.1 Å². The molecule has 10 heteroatoms. The van der Waals surface area contributed by atoms with Gasteiger partial charge in [0.25, 0.3) is 10.0 Å². The average Bonchev–Trinajstić information content (AvgIpc) is 3.21. The summed E-state index contributed by atoms with van der Waals surface area (Å²) in [6.07, 6.45) is 0. The van der Waals surface area contributed by atoms with E-state index in [9.17, 15) is 13.2 Å². The van der Waals surface area contributed by atoms with Crippen molar-refractivity contribution in [2.45, 2.75) is 37.8 Å². The Bertz CT molecular complexity index is 1180. The topological polar surface area (TPSA) is 112 Å². The fraction of sp³-hybridized carbons (Fsp3) is 0.273. The Hall–Kier alpha value is -3.11. The largest absolute Gasteiger partial charge is 0.497 e. The third-order valence-corrected chi connectivity index (χ3v) is 7.04. The number of hydrogen-bond acceptors (Lipinski definition) is 8. The highest BCUT2D eigenvalue weighted by Crippen LogP contribution is 2.34. The van der Waals surface area contributed by atoms with E-state index in [4.69, 9.17) is 15.2 Å². The van der Waals surface area contributed by atoms with Crippen molar-refractivity contribution in [2.24, 2.45) is 0 Å². The highest BCUT2D eigenvalue weighted by Gasteiger charge is 2.32. The van der Waals surface area contributed by atoms with E-state index in [1.165, 1.54) is 29.8 Å². The molecule has 0 atom stereocenters. The predicted molar refractivity (Wildman–Crippen MR) is 124 cm³/mol. The number of carbonyl (C=O) groups excluding carboxylic acids is 1. The van der Waals surface area contributed by atoms with Gasteiger partial charge in [-0.2, -0.15) is 0 Å². The third kappa shape index (κ3) is 5.38. The second-order valence-electron chi connectivity index (χ2n) is 7.94. The van der Waals surface area contributed by atoms with E-state index in [0.29, 0.717) is 17.0 Å². The molecule has 1 heterocycles. The van der Waals surface area contributed by atoms with Gasteiger partial charge in [0.05, 0.1) is 24.1 Å². The number of nitrogens with two attached hydrogens (primary N) is 1. The van der Waals surface area contributed by atoms with Crippen LogP contribution in [0.1, 0.15) is 36.8 Å². The highest BCUT2D eigenvalue weighted by molar-refractivity contribution is 7.93. The number of sulfonamides is 1. The second-order valence-corrected chi connectivity index (χ2v) is 10.6. The first kappa shape index (κ1) is 23.6. The van der Waals surface area contributed by atoms with Crippen LogP contribution in [0.4, 0.5) is 10.7 Å². The van der Waals surface area contributed by atoms with Crippen molar-refractivity contribution in [1.82, 2.24) is 4.98 Å². The van der Waals surface area contributed by atoms with E-state index >= 15 is 0 Å². The first-order valence-electron chi connectivity index (χ1n) is 9.69. The Morgan fingerprint density at radius 3 is 2.28 bits per heavy atom. The van der Waals surface area contributed by atoms with Gasteiger partial charge in [-0.15, -0.1) is 11.3 Å². The quantitative estimate of drug-likeness (QED) is 0.405. The predicted octanol–water partition coefficient (Wildman–Crippen LogP) is 4.08. The Labute approximate surface area is 191 Å². The van der Waals surface area contributed by atoms with Gasteiger partial charge in [-0.1, -0.05) is 12.1 Å². The Morgan fingerprint density at radius 2 is 1.72 bits per heavy atom. The van der Waals surface area contributed by atoms with Gasteiger partial charge in [0.15, 0.2) is 5.69 Å². The number of methoxy groups -OCH3 is 1. The Kier molecular flexibility index (Phi) is 6.75. The van der Waals surface area contributed by atoms with Crippen molar-refractivity contribution in [1.29, 1.82) is 0 Å². The van der Waals surface area contributed by atoms with Gasteiger partial charge < -0.3 is 15.2 Å². The van der Waals surface area contributed by atoms with Gasteiger partial charge in [0, 0.05) is 5.69 Å². The molecule has 0 aliphatic heterocycles. The number of carbonyl (C=O) groups is 1. The molecule has 0 bridgehead atoms. The molecular formula is C22H25N3O5S2. The van der Waals surface area contributed by atoms with Crippen LogP contribution in [0, 0.1) is 0 Å². The minimum atomic E-state index is -4.05. The summed E-state index contributed by atoms with van der Waals surface area (Å²) in [7, 11) is -2.49. The van der Waals surface area contributed by atoms with E-state index in [1.54, 1.807) is 52.1 Å². The molecule has 0 amide bonds. The number of ether oxygens (including phenoxy) is 2. The van der Waals surface area contributed by atoms with E-state index in [2.05, 4.69) is 4.98 Å². The van der Waals surface area contributed by atoms with Crippen LogP contribution in [-0.2, 0) is 21.3 Å². The summed E-state index contributed by atoms with van der Waals surface area (Å²) in [6, 6.07) is 12.9. The molecule has 3 aromatic rings. The zero-order valence-corrected chi connectivity index (χ0v) is 19.9. The van der Waals surface area contributed by atoms with Gasteiger partial charge in [-0.3, -0.25) is 4.31 Å². The number of nitrogen functional groups attached to an aromatic ring is 1. The molecule has 0 spiro atoms. The van der Waals surface area contributed by atoms with Crippen molar-refractivity contribution in [3.05, 3.63) is 65.3 Å². The van der Waals surface area contributed by atoms with Crippen molar-refractivity contribution in [3.8, 4) is 5.75 Å². The average molecular weight is 476 g/mol. The zero-order valence-electron chi connectivity index (χ0n) is 18.2. The number of aromatic nitrogens is 1. The summed E-state index contributed by atoms with van der Waals surface area (Å²) in [5.74, 6) is -0.0464. The molecule has 2 N–H and O–H groups in total. The van der Waals surface area contributed by atoms with Gasteiger partial charge in [-0.05, 0) is 62.7 Å². The zero-order chi connectivity index (χ0) is 23.5. The summed E-state index contributed by atoms with van der Waals surface area (Å²) in [5.41, 5.74) is 7.48. The first-order chi connectivity index (χ1) is 15.0. The molecule has 0 aliphatic carbocycles. The molecule has 0 fully saturated rings. The number of hydrogen-bond donors (Lipinski definition) is 1. The lowest BCUT2D eigenvalue weighted by Crippen LogP contribution is -2.32. The molecule has 0 aliphatic rings. The van der Waals surface area contributed by atoms with Crippen LogP contribution in [-0.4, -0.2) is 32.1 Å². The van der Waals surface area contributed by atoms with Crippen LogP contribution in [0.15, 0.2) is 58.9 Å². The van der Waals surface area contributed by atoms with Gasteiger partial charge in [-0.25, -0.2) is 18.2 Å². The van der Waals surface area contributed by atoms with Crippen molar-refractivity contribution in [3.63, 3.8) is 0 Å². The van der Waals surface area contributed by atoms with Crippen LogP contribution in [0.2, 0.25) is 0 Å². The van der Waals surface area contributed by atoms with Gasteiger partial charge in [0.1, 0.15) is 16.4 Å². The Balaban J connectivity index is 2.08. The Morgan fingerprint density at radius 1 is 1.09 bits per heavy atom. The number of anilines is 2. The summed E-state index contributed by atoms with van der Waals surface area (Å²) in [5, 5.41) is 0.173. The lowest BCUT2D eigenvalue weighted by Gasteiger charge is -2.25. The minimum Gasteiger partial charge on any atom is -0.497 e. The first-order valence-corrected chi connectivity index (χ1v) is 12.0. The standard InChI is InChI=1S/C22H25N3O5S2/c1-22(2,3)30-21(26)19-20(31-14-24-19)25(13-15-5-9-17(29-4)10-6-15)32(27,28)18-11-7-16(23)8-12-18/h5-12,14H,13,23H2,1-4H3. The molecule has 8 nitrogen and oxygen atoms in total. The van der Waals surface area contributed by atoms with E-state index in [1.807, 2.05) is 0 Å². The molecule has 0 saturated heterocycles. The molecular weight excluding hydrogens is 450 g/mol. The minimum absolute atomic E-state index is 0.0192. The summed E-state index contributed by atoms with van der Waals surface area (Å²) in [6.45, 7) is 5.18. The molecule has 32 heavy (non-hydrogen) atoms. The maximum absolute atomic E-state index is 13.6. The van der Waals surface area contributed by atoms with Crippen LogP contribution < -0.4 is 14.8 Å². The maximum Gasteiger partial charge on any atom is 0.360 e. The fourth-order valence-electron chi connectivity index (χ4n) is 2.81. The number of esters is 1. The van der Waals surface area contributed by atoms with Gasteiger partial charge >= 0.3 is 5.97 Å². The molecule has 1 aromatic heterocycles. The monoisotopic (exact) mass is 475 g/mol. The molecule has 170 valence electrons. The summed E-state index contributed by atoms with van der Waals surface area (Å²) >= 11 is 1.05. The molecule has 0 radical (unpaired) electrons. The smallest absolute Gasteiger partial charge is 0.360 e. The van der Waals surface area contributed by atoms with Gasteiger partial charge in [0.2, 0.25) is 0 Å². The molecule has 2 aromatic carbocycles. The lowest BCUT2D eigenvalue weighted by molar-refractivity contribution is 0.00646. The van der Waals surface area contributed by atoms with Crippen molar-refractivity contribution in [2.75, 3.05) is 17.1 Å². The van der Waals surface area contributed by atoms with Crippen LogP contribution in [0.3, 0.4) is 0 Å². The fourth-order valence-corrected chi connectivity index (χ4v) is 5.28. The van der Waals surface area contributed by atoms with Crippen LogP contribution >= 0.6 is 11.3 Å². The summed E-state index contributed by atoms with van der Waals surface area (Å²) < 4.78 is 39.0. The normalized spacial score (nSPS) is 11.8.